The molecule has 15 heavy (non-hydrogen) atoms. The van der Waals surface area contributed by atoms with Gasteiger partial charge in [-0.15, -0.1) is 0 Å². The van der Waals surface area contributed by atoms with Gasteiger partial charge in [-0.05, 0) is 39.0 Å². The van der Waals surface area contributed by atoms with Gasteiger partial charge in [0.2, 0.25) is 0 Å². The molecular weight excluding hydrogens is 190 g/mol. The maximum Gasteiger partial charge on any atom is 0.0699 e. The molecule has 1 saturated heterocycles. The zero-order valence-corrected chi connectivity index (χ0v) is 9.71. The van der Waals surface area contributed by atoms with E-state index in [1.165, 1.54) is 32.1 Å². The maximum absolute atomic E-state index is 5.68. The number of rotatable bonds is 5. The lowest BCUT2D eigenvalue weighted by molar-refractivity contribution is -0.0212. The average molecular weight is 213 g/mol. The molecule has 0 bridgehead atoms. The Balaban J connectivity index is 1.52. The zero-order valence-electron chi connectivity index (χ0n) is 9.71. The number of ether oxygens (including phenoxy) is 2. The Labute approximate surface area is 92.5 Å². The van der Waals surface area contributed by atoms with Crippen molar-refractivity contribution in [1.29, 1.82) is 0 Å². The van der Waals surface area contributed by atoms with Gasteiger partial charge in [0.15, 0.2) is 0 Å². The minimum absolute atomic E-state index is 0.463. The molecule has 0 amide bonds. The van der Waals surface area contributed by atoms with Crippen LogP contribution in [-0.2, 0) is 9.47 Å². The van der Waals surface area contributed by atoms with E-state index in [1.807, 2.05) is 0 Å². The molecule has 0 radical (unpaired) electrons. The van der Waals surface area contributed by atoms with Gasteiger partial charge in [-0.25, -0.2) is 0 Å². The van der Waals surface area contributed by atoms with Crippen LogP contribution in [0.15, 0.2) is 0 Å². The third-order valence-electron chi connectivity index (χ3n) is 3.41. The lowest BCUT2D eigenvalue weighted by Crippen LogP contribution is -2.48. The molecule has 88 valence electrons. The molecule has 2 aliphatic rings. The van der Waals surface area contributed by atoms with Crippen molar-refractivity contribution in [1.82, 2.24) is 5.32 Å². The minimum atomic E-state index is 0.463. The molecule has 1 heterocycles. The van der Waals surface area contributed by atoms with Gasteiger partial charge in [0.25, 0.3) is 0 Å². The summed E-state index contributed by atoms with van der Waals surface area (Å²) in [6.45, 7) is 4.90. The number of hydrogen-bond acceptors (Lipinski definition) is 3. The van der Waals surface area contributed by atoms with Crippen molar-refractivity contribution in [3.05, 3.63) is 0 Å². The molecular formula is C12H23NO2. The molecule has 1 aliphatic carbocycles. The maximum atomic E-state index is 5.68. The Kier molecular flexibility index (Phi) is 4.42. The minimum Gasteiger partial charge on any atom is -0.378 e. The van der Waals surface area contributed by atoms with Crippen molar-refractivity contribution < 1.29 is 9.47 Å². The summed E-state index contributed by atoms with van der Waals surface area (Å²) in [6.07, 6.45) is 7.14. The summed E-state index contributed by atoms with van der Waals surface area (Å²) < 4.78 is 11.2. The smallest absolute Gasteiger partial charge is 0.0699 e. The summed E-state index contributed by atoms with van der Waals surface area (Å²) >= 11 is 0. The highest BCUT2D eigenvalue weighted by atomic mass is 16.5. The van der Waals surface area contributed by atoms with Crippen LogP contribution in [0.2, 0.25) is 0 Å². The molecule has 0 aromatic heterocycles. The van der Waals surface area contributed by atoms with E-state index < -0.39 is 0 Å². The lowest BCUT2D eigenvalue weighted by atomic mass is 9.89. The molecule has 3 nitrogen and oxygen atoms in total. The number of hydrogen-bond donors (Lipinski definition) is 1. The van der Waals surface area contributed by atoms with Gasteiger partial charge < -0.3 is 14.8 Å². The Morgan fingerprint density at radius 3 is 2.87 bits per heavy atom. The second-order valence-corrected chi connectivity index (χ2v) is 4.64. The summed E-state index contributed by atoms with van der Waals surface area (Å²) in [6, 6.07) is 0.673. The molecule has 2 fully saturated rings. The third-order valence-corrected chi connectivity index (χ3v) is 3.41. The van der Waals surface area contributed by atoms with Crippen LogP contribution in [0.4, 0.5) is 0 Å². The molecule has 0 spiro atoms. The fourth-order valence-electron chi connectivity index (χ4n) is 2.37. The quantitative estimate of drug-likeness (QED) is 0.754. The van der Waals surface area contributed by atoms with Gasteiger partial charge >= 0.3 is 0 Å². The number of nitrogens with one attached hydrogen (secondary N) is 1. The van der Waals surface area contributed by atoms with E-state index in [0.717, 1.165) is 19.8 Å². The standard InChI is InChI=1S/C12H23NO2/c1-2-14-12-7-10(8-12)13-9-11-5-3-4-6-15-11/h10-13H,2-9H2,1H3. The van der Waals surface area contributed by atoms with E-state index in [1.54, 1.807) is 0 Å². The highest BCUT2D eigenvalue weighted by molar-refractivity contribution is 4.86. The van der Waals surface area contributed by atoms with Crippen molar-refractivity contribution in [3.8, 4) is 0 Å². The van der Waals surface area contributed by atoms with Gasteiger partial charge in [0.1, 0.15) is 0 Å². The molecule has 3 heteroatoms. The van der Waals surface area contributed by atoms with Gasteiger partial charge in [0, 0.05) is 25.8 Å². The van der Waals surface area contributed by atoms with E-state index in [0.29, 0.717) is 18.2 Å². The van der Waals surface area contributed by atoms with E-state index in [-0.39, 0.29) is 0 Å². The monoisotopic (exact) mass is 213 g/mol. The summed E-state index contributed by atoms with van der Waals surface area (Å²) in [7, 11) is 0. The van der Waals surface area contributed by atoms with Crippen molar-refractivity contribution in [2.24, 2.45) is 0 Å². The van der Waals surface area contributed by atoms with E-state index >= 15 is 0 Å². The van der Waals surface area contributed by atoms with Crippen LogP contribution in [0, 0.1) is 0 Å². The van der Waals surface area contributed by atoms with Gasteiger partial charge in [-0.1, -0.05) is 0 Å². The highest BCUT2D eigenvalue weighted by Crippen LogP contribution is 2.23. The van der Waals surface area contributed by atoms with Crippen LogP contribution in [0.5, 0.6) is 0 Å². The molecule has 1 saturated carbocycles. The Morgan fingerprint density at radius 1 is 1.33 bits per heavy atom. The summed E-state index contributed by atoms with van der Waals surface area (Å²) in [4.78, 5) is 0. The molecule has 0 aromatic carbocycles. The van der Waals surface area contributed by atoms with Crippen LogP contribution in [0.25, 0.3) is 0 Å². The van der Waals surface area contributed by atoms with Crippen LogP contribution in [-0.4, -0.2) is 38.0 Å². The fourth-order valence-corrected chi connectivity index (χ4v) is 2.37. The van der Waals surface area contributed by atoms with E-state index in [2.05, 4.69) is 12.2 Å². The van der Waals surface area contributed by atoms with Crippen LogP contribution < -0.4 is 5.32 Å². The largest absolute Gasteiger partial charge is 0.378 e. The zero-order chi connectivity index (χ0) is 10.5. The molecule has 1 atom stereocenters. The van der Waals surface area contributed by atoms with Gasteiger partial charge in [0.05, 0.1) is 12.2 Å². The predicted octanol–water partition coefficient (Wildman–Crippen LogP) is 1.71. The highest BCUT2D eigenvalue weighted by Gasteiger charge is 2.29. The van der Waals surface area contributed by atoms with E-state index in [9.17, 15) is 0 Å². The van der Waals surface area contributed by atoms with Crippen LogP contribution >= 0.6 is 0 Å². The lowest BCUT2D eigenvalue weighted by Gasteiger charge is -2.36. The Bertz CT molecular complexity index is 174. The first kappa shape index (κ1) is 11.4. The molecule has 1 aliphatic heterocycles. The summed E-state index contributed by atoms with van der Waals surface area (Å²) in [5.41, 5.74) is 0. The topological polar surface area (TPSA) is 30.5 Å². The second-order valence-electron chi connectivity index (χ2n) is 4.64. The van der Waals surface area contributed by atoms with Crippen LogP contribution in [0.3, 0.4) is 0 Å². The fraction of sp³-hybridized carbons (Fsp3) is 1.00. The van der Waals surface area contributed by atoms with Crippen molar-refractivity contribution >= 4 is 0 Å². The van der Waals surface area contributed by atoms with Gasteiger partial charge in [-0.2, -0.15) is 0 Å². The average Bonchev–Trinajstić information content (AvgIpc) is 2.23. The Hall–Kier alpha value is -0.120. The van der Waals surface area contributed by atoms with E-state index in [4.69, 9.17) is 9.47 Å². The predicted molar refractivity (Wildman–Crippen MR) is 60.0 cm³/mol. The van der Waals surface area contributed by atoms with Crippen molar-refractivity contribution in [2.75, 3.05) is 19.8 Å². The first-order chi connectivity index (χ1) is 7.38. The SMILES string of the molecule is CCOC1CC(NCC2CCCCO2)C1. The third kappa shape index (κ3) is 3.44. The molecule has 2 rings (SSSR count). The normalized spacial score (nSPS) is 36.2. The van der Waals surface area contributed by atoms with Crippen molar-refractivity contribution in [3.63, 3.8) is 0 Å². The second kappa shape index (κ2) is 5.83. The summed E-state index contributed by atoms with van der Waals surface area (Å²) in [5, 5.41) is 3.57. The van der Waals surface area contributed by atoms with Gasteiger partial charge in [-0.3, -0.25) is 0 Å². The summed E-state index contributed by atoms with van der Waals surface area (Å²) in [5.74, 6) is 0. The molecule has 1 N–H and O–H groups in total. The van der Waals surface area contributed by atoms with Crippen LogP contribution in [0.1, 0.15) is 39.0 Å². The first-order valence-electron chi connectivity index (χ1n) is 6.35. The first-order valence-corrected chi connectivity index (χ1v) is 6.35. The Morgan fingerprint density at radius 2 is 2.20 bits per heavy atom. The van der Waals surface area contributed by atoms with Crippen molar-refractivity contribution in [2.45, 2.75) is 57.3 Å². The molecule has 1 unspecified atom stereocenters. The molecule has 0 aromatic rings.